The fraction of sp³-hybridized carbons (Fsp3) is 0.409. The Kier molecular flexibility index (Phi) is 7.20. The third-order valence-electron chi connectivity index (χ3n) is 5.33. The van der Waals surface area contributed by atoms with Gasteiger partial charge < -0.3 is 30.5 Å². The maximum atomic E-state index is 14.8. The van der Waals surface area contributed by atoms with Crippen LogP contribution in [0.4, 0.5) is 26.5 Å². The highest BCUT2D eigenvalue weighted by molar-refractivity contribution is 5.68. The molecular weight excluding hydrogens is 417 g/mol. The van der Waals surface area contributed by atoms with E-state index < -0.39 is 18.0 Å². The number of pyridine rings is 1. The molecule has 170 valence electrons. The summed E-state index contributed by atoms with van der Waals surface area (Å²) in [6.45, 7) is 1.86. The van der Waals surface area contributed by atoms with Gasteiger partial charge in [0.25, 0.3) is 0 Å². The molecule has 2 atom stereocenters. The first-order valence-corrected chi connectivity index (χ1v) is 10.2. The van der Waals surface area contributed by atoms with Crippen LogP contribution >= 0.6 is 0 Å². The smallest absolute Gasteiger partial charge is 0.404 e. The van der Waals surface area contributed by atoms with Crippen molar-refractivity contribution >= 4 is 23.4 Å². The van der Waals surface area contributed by atoms with Gasteiger partial charge in [0.15, 0.2) is 17.5 Å². The van der Waals surface area contributed by atoms with E-state index in [1.165, 1.54) is 14.2 Å². The zero-order chi connectivity index (χ0) is 23.3. The second-order valence-corrected chi connectivity index (χ2v) is 7.52. The van der Waals surface area contributed by atoms with Crippen molar-refractivity contribution in [2.24, 2.45) is 5.92 Å². The average Bonchev–Trinajstić information content (AvgIpc) is 3.62. The standard InChI is InChI=1S/C22H26FN5O4/c1-4-18(26-22(29)30)19(12-5-6-12)27-21-17(23)7-13(11-24)20(28-21)25-14-8-15(31-2)10-16(9-14)32-3/h7-10,12,18-19,26H,4-6H2,1-3H3,(H,29,30)(H2,25,27,28)/t18-,19-/m0/s1. The summed E-state index contributed by atoms with van der Waals surface area (Å²) in [4.78, 5) is 15.5. The molecule has 0 saturated heterocycles. The second kappa shape index (κ2) is 10.0. The molecule has 10 heteroatoms. The molecule has 0 radical (unpaired) electrons. The number of carboxylic acid groups (broad SMARTS) is 1. The van der Waals surface area contributed by atoms with E-state index >= 15 is 0 Å². The number of ether oxygens (including phenoxy) is 2. The van der Waals surface area contributed by atoms with Gasteiger partial charge in [-0.05, 0) is 31.2 Å². The Labute approximate surface area is 185 Å². The van der Waals surface area contributed by atoms with Gasteiger partial charge in [0.05, 0.1) is 31.9 Å². The van der Waals surface area contributed by atoms with Crippen molar-refractivity contribution in [1.82, 2.24) is 10.3 Å². The minimum absolute atomic E-state index is 0.0218. The van der Waals surface area contributed by atoms with Crippen molar-refractivity contribution < 1.29 is 23.8 Å². The molecule has 1 aliphatic rings. The molecule has 0 unspecified atom stereocenters. The minimum Gasteiger partial charge on any atom is -0.497 e. The normalized spacial score (nSPS) is 14.6. The number of aromatic nitrogens is 1. The van der Waals surface area contributed by atoms with Crippen molar-refractivity contribution in [3.8, 4) is 17.6 Å². The van der Waals surface area contributed by atoms with Gasteiger partial charge in [-0.15, -0.1) is 0 Å². The van der Waals surface area contributed by atoms with E-state index in [0.717, 1.165) is 18.9 Å². The molecule has 9 nitrogen and oxygen atoms in total. The molecule has 1 aliphatic carbocycles. The zero-order valence-corrected chi connectivity index (χ0v) is 18.1. The highest BCUT2D eigenvalue weighted by atomic mass is 19.1. The van der Waals surface area contributed by atoms with E-state index in [-0.39, 0.29) is 29.2 Å². The van der Waals surface area contributed by atoms with E-state index in [1.54, 1.807) is 18.2 Å². The zero-order valence-electron chi connectivity index (χ0n) is 18.1. The van der Waals surface area contributed by atoms with Crippen LogP contribution in [-0.4, -0.2) is 42.5 Å². The third kappa shape index (κ3) is 5.49. The first kappa shape index (κ1) is 22.9. The Morgan fingerprint density at radius 2 is 1.91 bits per heavy atom. The van der Waals surface area contributed by atoms with E-state index in [4.69, 9.17) is 14.6 Å². The Morgan fingerprint density at radius 3 is 2.41 bits per heavy atom. The number of halogens is 1. The molecule has 1 fully saturated rings. The fourth-order valence-electron chi connectivity index (χ4n) is 3.55. The van der Waals surface area contributed by atoms with Crippen LogP contribution in [0.2, 0.25) is 0 Å². The van der Waals surface area contributed by atoms with Crippen LogP contribution in [0, 0.1) is 23.1 Å². The van der Waals surface area contributed by atoms with E-state index in [0.29, 0.717) is 23.6 Å². The minimum atomic E-state index is -1.13. The lowest BCUT2D eigenvalue weighted by atomic mass is 10.0. The summed E-state index contributed by atoms with van der Waals surface area (Å²) in [5, 5.41) is 27.2. The molecule has 0 spiro atoms. The van der Waals surface area contributed by atoms with Crippen LogP contribution in [0.5, 0.6) is 11.5 Å². The van der Waals surface area contributed by atoms with Gasteiger partial charge in [0.1, 0.15) is 17.6 Å². The van der Waals surface area contributed by atoms with Gasteiger partial charge >= 0.3 is 6.09 Å². The summed E-state index contributed by atoms with van der Waals surface area (Å²) >= 11 is 0. The quantitative estimate of drug-likeness (QED) is 0.432. The Morgan fingerprint density at radius 1 is 1.25 bits per heavy atom. The summed E-state index contributed by atoms with van der Waals surface area (Å²) in [7, 11) is 3.04. The highest BCUT2D eigenvalue weighted by Crippen LogP contribution is 2.37. The van der Waals surface area contributed by atoms with Gasteiger partial charge in [-0.1, -0.05) is 6.92 Å². The predicted molar refractivity (Wildman–Crippen MR) is 117 cm³/mol. The first-order chi connectivity index (χ1) is 15.4. The Bertz CT molecular complexity index is 1000. The Balaban J connectivity index is 1.93. The molecule has 3 rings (SSSR count). The number of amides is 1. The van der Waals surface area contributed by atoms with Crippen molar-refractivity contribution in [2.45, 2.75) is 38.3 Å². The molecule has 0 aliphatic heterocycles. The van der Waals surface area contributed by atoms with Crippen LogP contribution in [0.3, 0.4) is 0 Å². The molecule has 1 aromatic heterocycles. The summed E-state index contributed by atoms with van der Waals surface area (Å²) in [5.41, 5.74) is 0.564. The van der Waals surface area contributed by atoms with Crippen molar-refractivity contribution in [2.75, 3.05) is 24.9 Å². The summed E-state index contributed by atoms with van der Waals surface area (Å²) in [6, 6.07) is 7.40. The lowest BCUT2D eigenvalue weighted by Gasteiger charge is -2.28. The van der Waals surface area contributed by atoms with Crippen LogP contribution < -0.4 is 25.4 Å². The summed E-state index contributed by atoms with van der Waals surface area (Å²) in [5.74, 6) is 0.688. The van der Waals surface area contributed by atoms with Crippen LogP contribution in [-0.2, 0) is 0 Å². The summed E-state index contributed by atoms with van der Waals surface area (Å²) in [6.07, 6.45) is 1.24. The highest BCUT2D eigenvalue weighted by Gasteiger charge is 2.37. The molecular formula is C22H26FN5O4. The monoisotopic (exact) mass is 443 g/mol. The second-order valence-electron chi connectivity index (χ2n) is 7.52. The maximum Gasteiger partial charge on any atom is 0.404 e. The predicted octanol–water partition coefficient (Wildman–Crippen LogP) is 4.09. The van der Waals surface area contributed by atoms with Crippen molar-refractivity contribution in [1.29, 1.82) is 5.26 Å². The topological polar surface area (TPSA) is 129 Å². The number of benzene rings is 1. The fourth-order valence-corrected chi connectivity index (χ4v) is 3.55. The third-order valence-corrected chi connectivity index (χ3v) is 5.33. The molecule has 0 bridgehead atoms. The number of hydrogen-bond donors (Lipinski definition) is 4. The van der Waals surface area contributed by atoms with Gasteiger partial charge in [0, 0.05) is 23.9 Å². The van der Waals surface area contributed by atoms with Gasteiger partial charge in [0.2, 0.25) is 0 Å². The lowest BCUT2D eigenvalue weighted by molar-refractivity contribution is 0.187. The van der Waals surface area contributed by atoms with E-state index in [9.17, 15) is 14.4 Å². The largest absolute Gasteiger partial charge is 0.497 e. The number of anilines is 3. The molecule has 4 N–H and O–H groups in total. The molecule has 2 aromatic rings. The summed E-state index contributed by atoms with van der Waals surface area (Å²) < 4.78 is 25.3. The number of methoxy groups -OCH3 is 2. The number of hydrogen-bond acceptors (Lipinski definition) is 7. The van der Waals surface area contributed by atoms with Gasteiger partial charge in [-0.3, -0.25) is 0 Å². The van der Waals surface area contributed by atoms with Gasteiger partial charge in [-0.25, -0.2) is 14.2 Å². The number of nitriles is 1. The molecule has 1 aromatic carbocycles. The molecule has 1 amide bonds. The van der Waals surface area contributed by atoms with Crippen molar-refractivity contribution in [3.05, 3.63) is 35.6 Å². The van der Waals surface area contributed by atoms with Crippen LogP contribution in [0.25, 0.3) is 0 Å². The first-order valence-electron chi connectivity index (χ1n) is 10.2. The van der Waals surface area contributed by atoms with Crippen LogP contribution in [0.15, 0.2) is 24.3 Å². The number of nitrogens with one attached hydrogen (secondary N) is 3. The lowest BCUT2D eigenvalue weighted by Crippen LogP contribution is -2.47. The average molecular weight is 443 g/mol. The number of rotatable bonds is 10. The molecule has 1 saturated carbocycles. The van der Waals surface area contributed by atoms with Crippen molar-refractivity contribution in [3.63, 3.8) is 0 Å². The molecule has 1 heterocycles. The van der Waals surface area contributed by atoms with E-state index in [1.807, 2.05) is 13.0 Å². The SMILES string of the molecule is CC[C@H](NC(=O)O)[C@@H](Nc1nc(Nc2cc(OC)cc(OC)c2)c(C#N)cc1F)C1CC1. The van der Waals surface area contributed by atoms with E-state index in [2.05, 4.69) is 20.9 Å². The number of carbonyl (C=O) groups is 1. The van der Waals surface area contributed by atoms with Crippen LogP contribution in [0.1, 0.15) is 31.7 Å². The molecule has 32 heavy (non-hydrogen) atoms. The Hall–Kier alpha value is -3.74. The van der Waals surface area contributed by atoms with Gasteiger partial charge in [-0.2, -0.15) is 5.26 Å². The maximum absolute atomic E-state index is 14.8. The number of nitrogens with zero attached hydrogens (tertiary/aromatic N) is 2.